The van der Waals surface area contributed by atoms with Gasteiger partial charge in [0.15, 0.2) is 0 Å². The Morgan fingerprint density at radius 2 is 0.797 bits per heavy atom. The Kier molecular flexibility index (Phi) is 18.5. The number of rotatable bonds is 8. The molecule has 3 N–H and O–H groups in total. The van der Waals surface area contributed by atoms with Gasteiger partial charge in [0, 0.05) is 82.8 Å². The van der Waals surface area contributed by atoms with Crippen molar-refractivity contribution in [2.24, 2.45) is 0 Å². The summed E-state index contributed by atoms with van der Waals surface area (Å²) in [5, 5.41) is 28.7. The number of hydrogen-bond acceptors (Lipinski definition) is 11. The van der Waals surface area contributed by atoms with E-state index in [4.69, 9.17) is 9.68 Å². The number of nitrogens with one attached hydrogen (secondary N) is 1. The van der Waals surface area contributed by atoms with Gasteiger partial charge in [-0.1, -0.05) is 26.7 Å². The van der Waals surface area contributed by atoms with Crippen LogP contribution in [0.4, 0.5) is 0 Å². The summed E-state index contributed by atoms with van der Waals surface area (Å²) in [6, 6.07) is 0. The Hall–Kier alpha value is -1.31. The van der Waals surface area contributed by atoms with E-state index in [1.165, 1.54) is 5.06 Å². The molecule has 0 atom stereocenters. The number of piperidine rings is 4. The summed E-state index contributed by atoms with van der Waals surface area (Å²) in [5.74, 6) is 0.937. The maximum Gasteiger partial charge on any atom is 0.136 e. The fourth-order valence-electron chi connectivity index (χ4n) is 10.5. The van der Waals surface area contributed by atoms with Gasteiger partial charge in [0.05, 0.1) is 17.3 Å². The van der Waals surface area contributed by atoms with E-state index < -0.39 is 11.1 Å². The molecular weight excluding hydrogens is 745 g/mol. The first kappa shape index (κ1) is 55.7. The standard InChI is InChI=1S/C15H31NO2.C15H29NO2.C9H17NO2.C9H17NO/c2*1-8-9-15(6,7)18-16-13(2,3)10-12(17)11-14(16,4)5;1-8(2)5-7(11)6-9(3,4)10(8)12;1-8(2)5-7(11)6-9(3,4)10-8/h12,17H,8-11H2,1-7H3;8-11H2,1-7H3;12H,5-6H2,1-4H3;10H,5-6H2,1-4H3. The van der Waals surface area contributed by atoms with Gasteiger partial charge < -0.3 is 15.6 Å². The molecule has 0 aromatic heterocycles. The quantitative estimate of drug-likeness (QED) is 0.216. The van der Waals surface area contributed by atoms with Gasteiger partial charge in [0.2, 0.25) is 0 Å². The predicted molar refractivity (Wildman–Crippen MR) is 241 cm³/mol. The number of carbonyl (C=O) groups excluding carboxylic acids is 3. The lowest BCUT2D eigenvalue weighted by atomic mass is 9.80. The van der Waals surface area contributed by atoms with Crippen molar-refractivity contribution in [2.75, 3.05) is 0 Å². The summed E-state index contributed by atoms with van der Waals surface area (Å²) in [4.78, 5) is 47.0. The van der Waals surface area contributed by atoms with Gasteiger partial charge in [0.1, 0.15) is 17.3 Å². The molecule has 0 aromatic carbocycles. The van der Waals surface area contributed by atoms with E-state index >= 15 is 0 Å². The monoisotopic (exact) mass is 839 g/mol. The third-order valence-electron chi connectivity index (χ3n) is 11.7. The fraction of sp³-hybridized carbons (Fsp3) is 0.938. The number of aliphatic hydroxyl groups excluding tert-OH is 1. The second-order valence-corrected chi connectivity index (χ2v) is 24.6. The van der Waals surface area contributed by atoms with E-state index in [-0.39, 0.29) is 56.3 Å². The Balaban J connectivity index is 0.000000402. The highest BCUT2D eigenvalue weighted by atomic mass is 16.7. The Morgan fingerprint density at radius 1 is 0.525 bits per heavy atom. The van der Waals surface area contributed by atoms with Gasteiger partial charge in [-0.15, -0.1) is 0 Å². The van der Waals surface area contributed by atoms with Crippen LogP contribution in [-0.2, 0) is 24.1 Å². The molecule has 59 heavy (non-hydrogen) atoms. The van der Waals surface area contributed by atoms with Crippen LogP contribution in [0.1, 0.15) is 229 Å². The second-order valence-electron chi connectivity index (χ2n) is 24.6. The molecule has 11 nitrogen and oxygen atoms in total. The number of ketones is 3. The van der Waals surface area contributed by atoms with Crippen molar-refractivity contribution in [3.05, 3.63) is 0 Å². The van der Waals surface area contributed by atoms with Crippen molar-refractivity contribution in [3.63, 3.8) is 0 Å². The highest BCUT2D eigenvalue weighted by molar-refractivity contribution is 5.82. The lowest BCUT2D eigenvalue weighted by Crippen LogP contribution is -2.63. The first-order valence-electron chi connectivity index (χ1n) is 22.6. The van der Waals surface area contributed by atoms with Crippen molar-refractivity contribution in [1.82, 2.24) is 20.5 Å². The number of Topliss-reactive ketones (excluding diaryl/α,β-unsaturated/α-hetero) is 3. The van der Waals surface area contributed by atoms with Gasteiger partial charge >= 0.3 is 0 Å². The Bertz CT molecular complexity index is 1330. The molecule has 0 bridgehead atoms. The maximum atomic E-state index is 11.8. The van der Waals surface area contributed by atoms with Crippen LogP contribution in [0.25, 0.3) is 0 Å². The SMILES string of the molecule is CC1(C)CC(=O)CC(C)(C)N1.CC1(C)CC(=O)CC(C)(C)N1O.CCCC(C)(C)ON1C(C)(C)CC(=O)CC1(C)C.CCCC(C)(C)ON1C(C)(C)CC(O)CC1(C)C. The van der Waals surface area contributed by atoms with Crippen LogP contribution in [0.3, 0.4) is 0 Å². The van der Waals surface area contributed by atoms with E-state index in [0.29, 0.717) is 50.1 Å². The highest BCUT2D eigenvalue weighted by Crippen LogP contribution is 2.42. The topological polar surface area (TPSA) is 132 Å². The molecule has 0 radical (unpaired) electrons. The second kappa shape index (κ2) is 19.6. The Morgan fingerprint density at radius 3 is 1.08 bits per heavy atom. The zero-order valence-corrected chi connectivity index (χ0v) is 42.3. The van der Waals surface area contributed by atoms with Crippen LogP contribution in [0.15, 0.2) is 0 Å². The molecule has 4 aliphatic rings. The zero-order chi connectivity index (χ0) is 46.6. The maximum absolute atomic E-state index is 11.8. The first-order valence-corrected chi connectivity index (χ1v) is 22.6. The molecule has 4 heterocycles. The van der Waals surface area contributed by atoms with Crippen LogP contribution in [0.5, 0.6) is 0 Å². The lowest BCUT2D eigenvalue weighted by molar-refractivity contribution is -0.337. The predicted octanol–water partition coefficient (Wildman–Crippen LogP) is 10.3. The molecule has 11 heteroatoms. The summed E-state index contributed by atoms with van der Waals surface area (Å²) < 4.78 is 0. The van der Waals surface area contributed by atoms with E-state index in [1.807, 2.05) is 27.7 Å². The molecule has 0 aromatic rings. The normalized spacial score (nSPS) is 26.3. The van der Waals surface area contributed by atoms with Gasteiger partial charge in [-0.2, -0.15) is 15.2 Å². The number of hydrogen-bond donors (Lipinski definition) is 3. The van der Waals surface area contributed by atoms with Gasteiger partial charge in [-0.3, -0.25) is 24.1 Å². The number of carbonyl (C=O) groups is 3. The fourth-order valence-corrected chi connectivity index (χ4v) is 10.5. The summed E-state index contributed by atoms with van der Waals surface area (Å²) in [6.07, 6.45) is 8.90. The minimum Gasteiger partial charge on any atom is -0.393 e. The van der Waals surface area contributed by atoms with Gasteiger partial charge in [0.25, 0.3) is 0 Å². The van der Waals surface area contributed by atoms with E-state index in [2.05, 4.69) is 140 Å². The Labute approximate surface area is 362 Å². The van der Waals surface area contributed by atoms with E-state index in [1.54, 1.807) is 0 Å². The highest BCUT2D eigenvalue weighted by Gasteiger charge is 2.49. The average molecular weight is 839 g/mol. The molecule has 4 saturated heterocycles. The molecule has 0 unspecified atom stereocenters. The molecule has 0 saturated carbocycles. The summed E-state index contributed by atoms with van der Waals surface area (Å²) >= 11 is 0. The summed E-state index contributed by atoms with van der Waals surface area (Å²) in [6.45, 7) is 45.7. The molecule has 4 rings (SSSR count). The zero-order valence-electron chi connectivity index (χ0n) is 42.3. The van der Waals surface area contributed by atoms with E-state index in [0.717, 1.165) is 38.5 Å². The van der Waals surface area contributed by atoms with Crippen LogP contribution < -0.4 is 5.32 Å². The number of nitrogens with zero attached hydrogens (tertiary/aromatic N) is 3. The van der Waals surface area contributed by atoms with Crippen LogP contribution in [-0.4, -0.2) is 104 Å². The number of aliphatic hydroxyl groups is 1. The van der Waals surface area contributed by atoms with Crippen molar-refractivity contribution in [1.29, 1.82) is 0 Å². The average Bonchev–Trinajstić information content (AvgIpc) is 2.93. The van der Waals surface area contributed by atoms with Crippen LogP contribution in [0.2, 0.25) is 0 Å². The van der Waals surface area contributed by atoms with Crippen molar-refractivity contribution in [2.45, 2.75) is 291 Å². The van der Waals surface area contributed by atoms with Crippen molar-refractivity contribution >= 4 is 17.3 Å². The van der Waals surface area contributed by atoms with Crippen molar-refractivity contribution < 1.29 is 34.4 Å². The molecular formula is C48H94N4O7. The summed E-state index contributed by atoms with van der Waals surface area (Å²) in [7, 11) is 0. The minimum absolute atomic E-state index is 0.0150. The number of hydroxylamine groups is 6. The van der Waals surface area contributed by atoms with Crippen molar-refractivity contribution in [3.8, 4) is 0 Å². The van der Waals surface area contributed by atoms with Gasteiger partial charge in [-0.05, 0) is 164 Å². The smallest absolute Gasteiger partial charge is 0.136 e. The van der Waals surface area contributed by atoms with Crippen LogP contribution >= 0.6 is 0 Å². The third kappa shape index (κ3) is 17.4. The minimum atomic E-state index is -0.418. The molecule has 0 aliphatic carbocycles. The largest absolute Gasteiger partial charge is 0.393 e. The molecule has 0 amide bonds. The third-order valence-corrected chi connectivity index (χ3v) is 11.7. The molecule has 4 aliphatic heterocycles. The van der Waals surface area contributed by atoms with Crippen LogP contribution in [0, 0.1) is 0 Å². The summed E-state index contributed by atoms with van der Waals surface area (Å²) in [5.41, 5.74) is -1.92. The lowest BCUT2D eigenvalue weighted by Gasteiger charge is -2.55. The first-order chi connectivity index (χ1) is 26.1. The molecule has 4 fully saturated rings. The molecule has 0 spiro atoms. The molecule has 348 valence electrons. The van der Waals surface area contributed by atoms with Gasteiger partial charge in [-0.25, -0.2) is 0 Å². The van der Waals surface area contributed by atoms with E-state index in [9.17, 15) is 24.7 Å².